The summed E-state index contributed by atoms with van der Waals surface area (Å²) in [5, 5.41) is 11.7. The third-order valence-electron chi connectivity index (χ3n) is 2.47. The van der Waals surface area contributed by atoms with Crippen molar-refractivity contribution in [2.24, 2.45) is 0 Å². The van der Waals surface area contributed by atoms with E-state index in [1.807, 2.05) is 6.92 Å². The molecule has 1 fully saturated rings. The molecule has 1 atom stereocenters. The van der Waals surface area contributed by atoms with Crippen LogP contribution in [-0.2, 0) is 9.84 Å². The lowest BCUT2D eigenvalue weighted by Gasteiger charge is -2.25. The van der Waals surface area contributed by atoms with Crippen molar-refractivity contribution >= 4 is 9.84 Å². The number of nitrogens with zero attached hydrogens (tertiary/aromatic N) is 1. The molecule has 14 heavy (non-hydrogen) atoms. The molecule has 1 N–H and O–H groups in total. The van der Waals surface area contributed by atoms with Gasteiger partial charge in [0.25, 0.3) is 0 Å². The average Bonchev–Trinajstić information content (AvgIpc) is 2.09. The van der Waals surface area contributed by atoms with Crippen molar-refractivity contribution in [2.75, 3.05) is 11.5 Å². The Morgan fingerprint density at radius 1 is 1.50 bits per heavy atom. The first-order valence-electron chi connectivity index (χ1n) is 4.87. The lowest BCUT2D eigenvalue weighted by Crippen LogP contribution is -2.41. The second-order valence-electron chi connectivity index (χ2n) is 3.86. The second-order valence-corrected chi connectivity index (χ2v) is 6.16. The molecule has 0 aromatic rings. The monoisotopic (exact) mass is 216 g/mol. The molecule has 1 unspecified atom stereocenters. The minimum atomic E-state index is -2.77. The SMILES string of the molecule is CC(CC#N)NC1CCS(=O)(=O)CC1. The summed E-state index contributed by atoms with van der Waals surface area (Å²) in [4.78, 5) is 0. The highest BCUT2D eigenvalue weighted by Gasteiger charge is 2.23. The summed E-state index contributed by atoms with van der Waals surface area (Å²) in [5.41, 5.74) is 0. The van der Waals surface area contributed by atoms with Gasteiger partial charge in [-0.15, -0.1) is 0 Å². The molecule has 0 amide bonds. The maximum Gasteiger partial charge on any atom is 0.150 e. The van der Waals surface area contributed by atoms with Crippen molar-refractivity contribution in [3.05, 3.63) is 0 Å². The highest BCUT2D eigenvalue weighted by molar-refractivity contribution is 7.91. The van der Waals surface area contributed by atoms with Crippen LogP contribution in [-0.4, -0.2) is 32.0 Å². The van der Waals surface area contributed by atoms with Crippen LogP contribution in [0.25, 0.3) is 0 Å². The minimum Gasteiger partial charge on any atom is -0.310 e. The van der Waals surface area contributed by atoms with E-state index >= 15 is 0 Å². The van der Waals surface area contributed by atoms with Crippen LogP contribution in [0.1, 0.15) is 26.2 Å². The van der Waals surface area contributed by atoms with E-state index in [4.69, 9.17) is 5.26 Å². The Kier molecular flexibility index (Phi) is 3.90. The van der Waals surface area contributed by atoms with Gasteiger partial charge in [-0.3, -0.25) is 0 Å². The molecule has 1 aliphatic heterocycles. The molecule has 0 aliphatic carbocycles. The molecule has 80 valence electrons. The predicted octanol–water partition coefficient (Wildman–Crippen LogP) is 0.455. The fourth-order valence-corrected chi connectivity index (χ4v) is 3.15. The molecule has 1 aliphatic rings. The van der Waals surface area contributed by atoms with Crippen LogP contribution in [0.3, 0.4) is 0 Å². The Labute approximate surface area is 85.2 Å². The number of hydrogen-bond donors (Lipinski definition) is 1. The largest absolute Gasteiger partial charge is 0.310 e. The van der Waals surface area contributed by atoms with Crippen molar-refractivity contribution < 1.29 is 8.42 Å². The van der Waals surface area contributed by atoms with Crippen LogP contribution in [0, 0.1) is 11.3 Å². The summed E-state index contributed by atoms with van der Waals surface area (Å²) in [6.45, 7) is 1.95. The normalized spacial score (nSPS) is 24.0. The first-order chi connectivity index (χ1) is 6.53. The molecule has 0 radical (unpaired) electrons. The molecular weight excluding hydrogens is 200 g/mol. The summed E-state index contributed by atoms with van der Waals surface area (Å²) in [6.07, 6.45) is 1.83. The maximum absolute atomic E-state index is 11.1. The van der Waals surface area contributed by atoms with Crippen molar-refractivity contribution in [1.29, 1.82) is 5.26 Å². The van der Waals surface area contributed by atoms with Crippen molar-refractivity contribution in [1.82, 2.24) is 5.32 Å². The van der Waals surface area contributed by atoms with Crippen LogP contribution in [0.5, 0.6) is 0 Å². The van der Waals surface area contributed by atoms with E-state index in [0.717, 1.165) is 0 Å². The molecule has 0 bridgehead atoms. The van der Waals surface area contributed by atoms with Crippen molar-refractivity contribution in [3.63, 3.8) is 0 Å². The van der Waals surface area contributed by atoms with Gasteiger partial charge in [0, 0.05) is 12.1 Å². The van der Waals surface area contributed by atoms with Crippen molar-refractivity contribution in [3.8, 4) is 6.07 Å². The molecule has 0 spiro atoms. The molecule has 5 heteroatoms. The second kappa shape index (κ2) is 4.76. The average molecular weight is 216 g/mol. The lowest BCUT2D eigenvalue weighted by molar-refractivity contribution is 0.416. The maximum atomic E-state index is 11.1. The smallest absolute Gasteiger partial charge is 0.150 e. The zero-order chi connectivity index (χ0) is 10.6. The van der Waals surface area contributed by atoms with Crippen LogP contribution >= 0.6 is 0 Å². The van der Waals surface area contributed by atoms with Gasteiger partial charge in [-0.05, 0) is 19.8 Å². The van der Waals surface area contributed by atoms with E-state index in [1.165, 1.54) is 0 Å². The fraction of sp³-hybridized carbons (Fsp3) is 0.889. The van der Waals surface area contributed by atoms with Gasteiger partial charge in [0.15, 0.2) is 0 Å². The van der Waals surface area contributed by atoms with Crippen LogP contribution < -0.4 is 5.32 Å². The van der Waals surface area contributed by atoms with Gasteiger partial charge in [-0.1, -0.05) is 0 Å². The Balaban J connectivity index is 2.33. The van der Waals surface area contributed by atoms with Crippen LogP contribution in [0.15, 0.2) is 0 Å². The minimum absolute atomic E-state index is 0.158. The summed E-state index contributed by atoms with van der Waals surface area (Å²) >= 11 is 0. The van der Waals surface area contributed by atoms with E-state index in [2.05, 4.69) is 11.4 Å². The van der Waals surface area contributed by atoms with Gasteiger partial charge in [-0.25, -0.2) is 8.42 Å². The summed E-state index contributed by atoms with van der Waals surface area (Å²) in [6, 6.07) is 2.52. The zero-order valence-corrected chi connectivity index (χ0v) is 9.18. The molecular formula is C9H16N2O2S. The third kappa shape index (κ3) is 3.64. The summed E-state index contributed by atoms with van der Waals surface area (Å²) in [5.74, 6) is 0.563. The summed E-state index contributed by atoms with van der Waals surface area (Å²) < 4.78 is 22.3. The van der Waals surface area contributed by atoms with E-state index in [0.29, 0.717) is 19.3 Å². The highest BCUT2D eigenvalue weighted by atomic mass is 32.2. The van der Waals surface area contributed by atoms with E-state index < -0.39 is 9.84 Å². The van der Waals surface area contributed by atoms with Crippen molar-refractivity contribution in [2.45, 2.75) is 38.3 Å². The lowest BCUT2D eigenvalue weighted by atomic mass is 10.1. The molecule has 4 nitrogen and oxygen atoms in total. The van der Waals surface area contributed by atoms with E-state index in [-0.39, 0.29) is 23.6 Å². The molecule has 0 saturated carbocycles. The number of hydrogen-bond acceptors (Lipinski definition) is 4. The standard InChI is InChI=1S/C9H16N2O2S/c1-8(2-5-10)11-9-3-6-14(12,13)7-4-9/h8-9,11H,2-4,6-7H2,1H3. The topological polar surface area (TPSA) is 70.0 Å². The first-order valence-corrected chi connectivity index (χ1v) is 6.69. The first kappa shape index (κ1) is 11.5. The van der Waals surface area contributed by atoms with Gasteiger partial charge in [0.1, 0.15) is 9.84 Å². The molecule has 1 heterocycles. The Hall–Kier alpha value is -0.600. The van der Waals surface area contributed by atoms with E-state index in [9.17, 15) is 8.42 Å². The number of nitrogens with one attached hydrogen (secondary N) is 1. The summed E-state index contributed by atoms with van der Waals surface area (Å²) in [7, 11) is -2.77. The Morgan fingerprint density at radius 3 is 2.57 bits per heavy atom. The quantitative estimate of drug-likeness (QED) is 0.744. The Morgan fingerprint density at radius 2 is 2.07 bits per heavy atom. The van der Waals surface area contributed by atoms with Gasteiger partial charge in [-0.2, -0.15) is 5.26 Å². The number of sulfone groups is 1. The molecule has 0 aromatic carbocycles. The highest BCUT2D eigenvalue weighted by Crippen LogP contribution is 2.12. The Bertz CT molecular complexity index is 304. The van der Waals surface area contributed by atoms with Gasteiger partial charge in [0.05, 0.1) is 24.0 Å². The van der Waals surface area contributed by atoms with Gasteiger partial charge >= 0.3 is 0 Å². The molecule has 1 rings (SSSR count). The molecule has 0 aromatic heterocycles. The van der Waals surface area contributed by atoms with Gasteiger partial charge < -0.3 is 5.32 Å². The number of rotatable bonds is 3. The molecule has 1 saturated heterocycles. The van der Waals surface area contributed by atoms with Crippen LogP contribution in [0.2, 0.25) is 0 Å². The van der Waals surface area contributed by atoms with E-state index in [1.54, 1.807) is 0 Å². The predicted molar refractivity (Wildman–Crippen MR) is 54.5 cm³/mol. The zero-order valence-electron chi connectivity index (χ0n) is 8.36. The van der Waals surface area contributed by atoms with Gasteiger partial charge in [0.2, 0.25) is 0 Å². The van der Waals surface area contributed by atoms with Crippen LogP contribution in [0.4, 0.5) is 0 Å². The third-order valence-corrected chi connectivity index (χ3v) is 4.19. The fourth-order valence-electron chi connectivity index (χ4n) is 1.65. The number of nitriles is 1.